The second-order valence-electron chi connectivity index (χ2n) is 5.08. The molecule has 6 nitrogen and oxygen atoms in total. The van der Waals surface area contributed by atoms with Gasteiger partial charge in [-0.25, -0.2) is 0 Å². The number of hydrogen-bond donors (Lipinski definition) is 1. The molecular formula is C15H22N4O2. The van der Waals surface area contributed by atoms with Crippen molar-refractivity contribution in [3.8, 4) is 11.5 Å². The minimum atomic E-state index is -0.369. The zero-order valence-electron chi connectivity index (χ0n) is 12.7. The van der Waals surface area contributed by atoms with Crippen molar-refractivity contribution in [2.75, 3.05) is 32.2 Å². The van der Waals surface area contributed by atoms with E-state index >= 15 is 0 Å². The first-order valence-electron chi connectivity index (χ1n) is 7.06. The molecule has 0 saturated heterocycles. The molecule has 1 unspecified atom stereocenters. The Morgan fingerprint density at radius 1 is 1.38 bits per heavy atom. The van der Waals surface area contributed by atoms with Gasteiger partial charge in [0.05, 0.1) is 12.6 Å². The first-order valence-corrected chi connectivity index (χ1v) is 7.06. The lowest BCUT2D eigenvalue weighted by atomic mass is 10.2. The van der Waals surface area contributed by atoms with Gasteiger partial charge in [0.1, 0.15) is 0 Å². The van der Waals surface area contributed by atoms with Gasteiger partial charge in [-0.15, -0.1) is 0 Å². The zero-order chi connectivity index (χ0) is 15.2. The summed E-state index contributed by atoms with van der Waals surface area (Å²) in [7, 11) is 3.97. The highest BCUT2D eigenvalue weighted by Gasteiger charge is 2.15. The Kier molecular flexibility index (Phi) is 5.30. The molecule has 114 valence electrons. The largest absolute Gasteiger partial charge is 0.379 e. The number of aromatic nitrogens is 2. The molecule has 0 aliphatic carbocycles. The number of rotatable bonds is 7. The zero-order valence-corrected chi connectivity index (χ0v) is 12.7. The third-order valence-corrected chi connectivity index (χ3v) is 3.03. The fourth-order valence-electron chi connectivity index (χ4n) is 1.85. The van der Waals surface area contributed by atoms with Crippen molar-refractivity contribution in [2.45, 2.75) is 19.4 Å². The quantitative estimate of drug-likeness (QED) is 0.788. The first kappa shape index (κ1) is 15.5. The fourth-order valence-corrected chi connectivity index (χ4v) is 1.85. The molecule has 0 aliphatic heterocycles. The van der Waals surface area contributed by atoms with E-state index < -0.39 is 0 Å². The summed E-state index contributed by atoms with van der Waals surface area (Å²) in [5.41, 5.74) is 7.94. The normalized spacial score (nSPS) is 12.4. The van der Waals surface area contributed by atoms with Crippen LogP contribution in [0.15, 0.2) is 28.8 Å². The van der Waals surface area contributed by atoms with Gasteiger partial charge in [0.15, 0.2) is 5.82 Å². The summed E-state index contributed by atoms with van der Waals surface area (Å²) < 4.78 is 10.7. The summed E-state index contributed by atoms with van der Waals surface area (Å²) in [6, 6.07) is 7.54. The van der Waals surface area contributed by atoms with Crippen LogP contribution in [-0.2, 0) is 4.74 Å². The molecule has 21 heavy (non-hydrogen) atoms. The van der Waals surface area contributed by atoms with Gasteiger partial charge in [-0.05, 0) is 24.6 Å². The molecule has 0 spiro atoms. The number of nitrogens with zero attached hydrogens (tertiary/aromatic N) is 3. The number of nitrogens with two attached hydrogens (primary N) is 1. The van der Waals surface area contributed by atoms with E-state index in [1.807, 2.05) is 43.3 Å². The lowest BCUT2D eigenvalue weighted by Crippen LogP contribution is -2.18. The van der Waals surface area contributed by atoms with Crippen LogP contribution in [0.2, 0.25) is 0 Å². The van der Waals surface area contributed by atoms with Crippen LogP contribution in [0.25, 0.3) is 11.5 Å². The van der Waals surface area contributed by atoms with Gasteiger partial charge in [-0.2, -0.15) is 4.98 Å². The molecule has 1 atom stereocenters. The summed E-state index contributed by atoms with van der Waals surface area (Å²) in [6.45, 7) is 3.13. The highest BCUT2D eigenvalue weighted by atomic mass is 16.5. The molecule has 6 heteroatoms. The molecule has 2 rings (SSSR count). The van der Waals surface area contributed by atoms with Gasteiger partial charge in [-0.1, -0.05) is 18.1 Å². The molecule has 1 aromatic carbocycles. The standard InChI is InChI=1S/C15H22N4O2/c1-4-8-20-10-13(16)14-17-15(21-18-14)11-6-5-7-12(9-11)19(2)3/h5-7,9,13H,4,8,10,16H2,1-3H3. The average Bonchev–Trinajstić information content (AvgIpc) is 2.97. The van der Waals surface area contributed by atoms with E-state index in [9.17, 15) is 0 Å². The SMILES string of the molecule is CCCOCC(N)c1noc(-c2cccc(N(C)C)c2)n1. The maximum atomic E-state index is 5.99. The smallest absolute Gasteiger partial charge is 0.258 e. The Bertz CT molecular complexity index is 568. The highest BCUT2D eigenvalue weighted by molar-refractivity contribution is 5.61. The van der Waals surface area contributed by atoms with E-state index in [0.717, 1.165) is 17.7 Å². The van der Waals surface area contributed by atoms with E-state index in [4.69, 9.17) is 15.0 Å². The minimum absolute atomic E-state index is 0.369. The third kappa shape index (κ3) is 4.03. The van der Waals surface area contributed by atoms with Crippen LogP contribution in [0.5, 0.6) is 0 Å². The Labute approximate surface area is 124 Å². The van der Waals surface area contributed by atoms with E-state index in [0.29, 0.717) is 24.9 Å². The molecule has 0 radical (unpaired) electrons. The molecule has 1 aromatic heterocycles. The van der Waals surface area contributed by atoms with Gasteiger partial charge >= 0.3 is 0 Å². The van der Waals surface area contributed by atoms with Crippen LogP contribution in [0, 0.1) is 0 Å². The summed E-state index contributed by atoms with van der Waals surface area (Å²) in [4.78, 5) is 6.38. The van der Waals surface area contributed by atoms with Crippen molar-refractivity contribution in [1.82, 2.24) is 10.1 Å². The monoisotopic (exact) mass is 290 g/mol. The van der Waals surface area contributed by atoms with Crippen molar-refractivity contribution in [2.24, 2.45) is 5.73 Å². The van der Waals surface area contributed by atoms with Gasteiger partial charge in [0.2, 0.25) is 0 Å². The maximum absolute atomic E-state index is 5.99. The Hall–Kier alpha value is -1.92. The Morgan fingerprint density at radius 2 is 2.19 bits per heavy atom. The maximum Gasteiger partial charge on any atom is 0.258 e. The lowest BCUT2D eigenvalue weighted by molar-refractivity contribution is 0.119. The van der Waals surface area contributed by atoms with Crippen LogP contribution in [0.1, 0.15) is 25.2 Å². The first-order chi connectivity index (χ1) is 10.1. The molecule has 0 amide bonds. The average molecular weight is 290 g/mol. The minimum Gasteiger partial charge on any atom is -0.379 e. The van der Waals surface area contributed by atoms with Gasteiger partial charge < -0.3 is 19.9 Å². The van der Waals surface area contributed by atoms with E-state index in [1.54, 1.807) is 0 Å². The number of ether oxygens (including phenoxy) is 1. The number of hydrogen-bond acceptors (Lipinski definition) is 6. The predicted molar refractivity (Wildman–Crippen MR) is 82.1 cm³/mol. The highest BCUT2D eigenvalue weighted by Crippen LogP contribution is 2.23. The summed E-state index contributed by atoms with van der Waals surface area (Å²) in [5, 5.41) is 3.94. The van der Waals surface area contributed by atoms with Crippen molar-refractivity contribution >= 4 is 5.69 Å². The number of anilines is 1. The van der Waals surface area contributed by atoms with Gasteiger partial charge in [-0.3, -0.25) is 0 Å². The molecule has 0 saturated carbocycles. The fraction of sp³-hybridized carbons (Fsp3) is 0.467. The third-order valence-electron chi connectivity index (χ3n) is 3.03. The van der Waals surface area contributed by atoms with Gasteiger partial charge in [0, 0.05) is 32.0 Å². The number of benzene rings is 1. The summed E-state index contributed by atoms with van der Waals surface area (Å²) in [5.74, 6) is 0.941. The Balaban J connectivity index is 2.10. The van der Waals surface area contributed by atoms with Crippen molar-refractivity contribution in [3.05, 3.63) is 30.1 Å². The molecule has 0 fully saturated rings. The van der Waals surface area contributed by atoms with Crippen LogP contribution in [0.3, 0.4) is 0 Å². The molecule has 2 aromatic rings. The molecule has 1 heterocycles. The molecule has 0 bridgehead atoms. The van der Waals surface area contributed by atoms with Crippen LogP contribution < -0.4 is 10.6 Å². The van der Waals surface area contributed by atoms with E-state index in [2.05, 4.69) is 17.1 Å². The van der Waals surface area contributed by atoms with Gasteiger partial charge in [0.25, 0.3) is 5.89 Å². The second-order valence-corrected chi connectivity index (χ2v) is 5.08. The van der Waals surface area contributed by atoms with E-state index in [-0.39, 0.29) is 6.04 Å². The van der Waals surface area contributed by atoms with Crippen molar-refractivity contribution < 1.29 is 9.26 Å². The topological polar surface area (TPSA) is 77.4 Å². The van der Waals surface area contributed by atoms with E-state index in [1.165, 1.54) is 0 Å². The lowest BCUT2D eigenvalue weighted by Gasteiger charge is -2.12. The van der Waals surface area contributed by atoms with Crippen molar-refractivity contribution in [3.63, 3.8) is 0 Å². The van der Waals surface area contributed by atoms with Crippen molar-refractivity contribution in [1.29, 1.82) is 0 Å². The summed E-state index contributed by atoms with van der Waals surface area (Å²) in [6.07, 6.45) is 0.960. The molecule has 2 N–H and O–H groups in total. The Morgan fingerprint density at radius 3 is 2.90 bits per heavy atom. The predicted octanol–water partition coefficient (Wildman–Crippen LogP) is 2.23. The van der Waals surface area contributed by atoms with Crippen LogP contribution >= 0.6 is 0 Å². The van der Waals surface area contributed by atoms with Crippen LogP contribution in [0.4, 0.5) is 5.69 Å². The second kappa shape index (κ2) is 7.19. The summed E-state index contributed by atoms with van der Waals surface area (Å²) >= 11 is 0. The molecule has 0 aliphatic rings. The molecular weight excluding hydrogens is 268 g/mol. The van der Waals surface area contributed by atoms with Crippen LogP contribution in [-0.4, -0.2) is 37.4 Å².